The normalized spacial score (nSPS) is 24.9. The monoisotopic (exact) mass is 372 g/mol. The van der Waals surface area contributed by atoms with E-state index in [0.717, 1.165) is 44.1 Å². The van der Waals surface area contributed by atoms with Gasteiger partial charge in [-0.1, -0.05) is 25.0 Å². The number of carbonyl (C=O) groups is 3. The van der Waals surface area contributed by atoms with E-state index < -0.39 is 0 Å². The summed E-state index contributed by atoms with van der Waals surface area (Å²) in [5, 5.41) is 0. The van der Waals surface area contributed by atoms with Gasteiger partial charge in [-0.2, -0.15) is 0 Å². The summed E-state index contributed by atoms with van der Waals surface area (Å²) in [7, 11) is 0. The van der Waals surface area contributed by atoms with Crippen molar-refractivity contribution in [2.45, 2.75) is 57.5 Å². The Bertz CT molecular complexity index is 720. The molecule has 2 aliphatic carbocycles. The zero-order valence-electron chi connectivity index (χ0n) is 15.4. The molecule has 3 aliphatic rings. The number of hydrogen-bond acceptors (Lipinski definition) is 3. The standard InChI is InChI=1S/C21H25FN2O3/c22-15-7-5-14(6-8-15)13-24(16-9-10-16)19(25)11-12-23-20(26)17-3-1-2-4-18(17)21(23)27/h5-8,16-18H,1-4,9-13H2. The fourth-order valence-corrected chi connectivity index (χ4v) is 4.40. The molecule has 27 heavy (non-hydrogen) atoms. The van der Waals surface area contributed by atoms with Crippen molar-refractivity contribution >= 4 is 17.7 Å². The van der Waals surface area contributed by atoms with Gasteiger partial charge >= 0.3 is 0 Å². The molecule has 1 aromatic carbocycles. The lowest BCUT2D eigenvalue weighted by molar-refractivity contribution is -0.141. The summed E-state index contributed by atoms with van der Waals surface area (Å²) in [5.74, 6) is -0.851. The Balaban J connectivity index is 1.38. The number of amides is 3. The van der Waals surface area contributed by atoms with E-state index in [9.17, 15) is 18.8 Å². The third-order valence-corrected chi connectivity index (χ3v) is 6.06. The maximum Gasteiger partial charge on any atom is 0.233 e. The minimum absolute atomic E-state index is 0.0442. The average Bonchev–Trinajstić information content (AvgIpc) is 3.48. The van der Waals surface area contributed by atoms with Crippen LogP contribution in [0.25, 0.3) is 0 Å². The summed E-state index contributed by atoms with van der Waals surface area (Å²) >= 11 is 0. The minimum atomic E-state index is -0.296. The topological polar surface area (TPSA) is 57.7 Å². The molecule has 144 valence electrons. The minimum Gasteiger partial charge on any atom is -0.335 e. The van der Waals surface area contributed by atoms with E-state index in [-0.39, 0.29) is 54.4 Å². The summed E-state index contributed by atoms with van der Waals surface area (Å²) in [6, 6.07) is 6.39. The molecule has 1 saturated heterocycles. The lowest BCUT2D eigenvalue weighted by Crippen LogP contribution is -2.38. The van der Waals surface area contributed by atoms with Crippen LogP contribution in [-0.2, 0) is 20.9 Å². The molecule has 4 rings (SSSR count). The molecule has 5 nitrogen and oxygen atoms in total. The highest BCUT2D eigenvalue weighted by Crippen LogP contribution is 2.38. The zero-order chi connectivity index (χ0) is 19.0. The molecule has 1 heterocycles. The molecule has 0 spiro atoms. The molecule has 0 radical (unpaired) electrons. The SMILES string of the molecule is O=C1C2CCCCC2C(=O)N1CCC(=O)N(Cc1ccc(F)cc1)C1CC1. The van der Waals surface area contributed by atoms with Crippen LogP contribution in [-0.4, -0.2) is 40.1 Å². The molecule has 2 atom stereocenters. The van der Waals surface area contributed by atoms with Gasteiger partial charge in [-0.25, -0.2) is 4.39 Å². The quantitative estimate of drug-likeness (QED) is 0.722. The first-order valence-electron chi connectivity index (χ1n) is 9.93. The average molecular weight is 372 g/mol. The number of fused-ring (bicyclic) bond motifs is 1. The number of rotatable bonds is 6. The van der Waals surface area contributed by atoms with Crippen LogP contribution in [0.4, 0.5) is 4.39 Å². The van der Waals surface area contributed by atoms with Crippen LogP contribution in [0.1, 0.15) is 50.5 Å². The first-order valence-corrected chi connectivity index (χ1v) is 9.93. The second-order valence-corrected chi connectivity index (χ2v) is 7.95. The summed E-state index contributed by atoms with van der Waals surface area (Å²) < 4.78 is 13.1. The van der Waals surface area contributed by atoms with Crippen molar-refractivity contribution in [1.82, 2.24) is 9.80 Å². The van der Waals surface area contributed by atoms with Crippen LogP contribution in [0, 0.1) is 17.7 Å². The fourth-order valence-electron chi connectivity index (χ4n) is 4.40. The highest BCUT2D eigenvalue weighted by Gasteiger charge is 2.48. The predicted octanol–water partition coefficient (Wildman–Crippen LogP) is 2.88. The van der Waals surface area contributed by atoms with E-state index in [1.807, 2.05) is 4.90 Å². The number of nitrogens with zero attached hydrogens (tertiary/aromatic N) is 2. The molecule has 6 heteroatoms. The maximum atomic E-state index is 13.1. The molecule has 3 amide bonds. The number of imide groups is 1. The van der Waals surface area contributed by atoms with Gasteiger partial charge in [0.1, 0.15) is 5.82 Å². The molecule has 1 aromatic rings. The molecule has 2 saturated carbocycles. The highest BCUT2D eigenvalue weighted by atomic mass is 19.1. The van der Waals surface area contributed by atoms with E-state index in [1.165, 1.54) is 17.0 Å². The van der Waals surface area contributed by atoms with Crippen molar-refractivity contribution in [2.75, 3.05) is 6.54 Å². The van der Waals surface area contributed by atoms with E-state index in [1.54, 1.807) is 12.1 Å². The third-order valence-electron chi connectivity index (χ3n) is 6.06. The number of hydrogen-bond donors (Lipinski definition) is 0. The van der Waals surface area contributed by atoms with Crippen molar-refractivity contribution in [3.8, 4) is 0 Å². The summed E-state index contributed by atoms with van der Waals surface area (Å²) in [5.41, 5.74) is 0.885. The van der Waals surface area contributed by atoms with Gasteiger partial charge in [0.15, 0.2) is 0 Å². The Hall–Kier alpha value is -2.24. The zero-order valence-corrected chi connectivity index (χ0v) is 15.4. The smallest absolute Gasteiger partial charge is 0.233 e. The van der Waals surface area contributed by atoms with Crippen molar-refractivity contribution in [3.63, 3.8) is 0 Å². The lowest BCUT2D eigenvalue weighted by Gasteiger charge is -2.24. The van der Waals surface area contributed by atoms with Gasteiger partial charge in [0.2, 0.25) is 17.7 Å². The van der Waals surface area contributed by atoms with Crippen LogP contribution in [0.3, 0.4) is 0 Å². The maximum absolute atomic E-state index is 13.1. The Morgan fingerprint density at radius 1 is 1.00 bits per heavy atom. The van der Waals surface area contributed by atoms with Crippen molar-refractivity contribution < 1.29 is 18.8 Å². The van der Waals surface area contributed by atoms with Gasteiger partial charge < -0.3 is 4.90 Å². The van der Waals surface area contributed by atoms with Crippen molar-refractivity contribution in [3.05, 3.63) is 35.6 Å². The van der Waals surface area contributed by atoms with Gasteiger partial charge in [0.05, 0.1) is 11.8 Å². The van der Waals surface area contributed by atoms with Crippen LogP contribution in [0.2, 0.25) is 0 Å². The predicted molar refractivity (Wildman–Crippen MR) is 96.8 cm³/mol. The molecule has 3 fully saturated rings. The van der Waals surface area contributed by atoms with E-state index in [0.29, 0.717) is 6.54 Å². The Kier molecular flexibility index (Phi) is 4.98. The van der Waals surface area contributed by atoms with Crippen LogP contribution < -0.4 is 0 Å². The molecular weight excluding hydrogens is 347 g/mol. The molecule has 0 bridgehead atoms. The summed E-state index contributed by atoms with van der Waals surface area (Å²) in [6.07, 6.45) is 5.68. The number of benzene rings is 1. The Labute approximate surface area is 158 Å². The Morgan fingerprint density at radius 2 is 1.59 bits per heavy atom. The van der Waals surface area contributed by atoms with Gasteiger partial charge in [0.25, 0.3) is 0 Å². The molecule has 0 aromatic heterocycles. The van der Waals surface area contributed by atoms with Gasteiger partial charge in [0, 0.05) is 25.6 Å². The lowest BCUT2D eigenvalue weighted by atomic mass is 9.81. The number of likely N-dealkylation sites (tertiary alicyclic amines) is 1. The van der Waals surface area contributed by atoms with E-state index in [2.05, 4.69) is 0 Å². The number of carbonyl (C=O) groups excluding carboxylic acids is 3. The van der Waals surface area contributed by atoms with Gasteiger partial charge in [-0.15, -0.1) is 0 Å². The largest absolute Gasteiger partial charge is 0.335 e. The van der Waals surface area contributed by atoms with E-state index >= 15 is 0 Å². The van der Waals surface area contributed by atoms with Crippen LogP contribution in [0.5, 0.6) is 0 Å². The molecule has 0 N–H and O–H groups in total. The first-order chi connectivity index (χ1) is 13.0. The van der Waals surface area contributed by atoms with Crippen molar-refractivity contribution in [1.29, 1.82) is 0 Å². The molecule has 1 aliphatic heterocycles. The fraction of sp³-hybridized carbons (Fsp3) is 0.571. The van der Waals surface area contributed by atoms with E-state index in [4.69, 9.17) is 0 Å². The van der Waals surface area contributed by atoms with Gasteiger partial charge in [-0.05, 0) is 43.4 Å². The molecular formula is C21H25FN2O3. The van der Waals surface area contributed by atoms with Gasteiger partial charge in [-0.3, -0.25) is 19.3 Å². The number of halogens is 1. The molecule has 2 unspecified atom stereocenters. The Morgan fingerprint density at radius 3 is 2.15 bits per heavy atom. The second kappa shape index (κ2) is 7.41. The highest BCUT2D eigenvalue weighted by molar-refractivity contribution is 6.05. The van der Waals surface area contributed by atoms with Crippen molar-refractivity contribution in [2.24, 2.45) is 11.8 Å². The summed E-state index contributed by atoms with van der Waals surface area (Å²) in [6.45, 7) is 0.618. The second-order valence-electron chi connectivity index (χ2n) is 7.95. The summed E-state index contributed by atoms with van der Waals surface area (Å²) in [4.78, 5) is 41.0. The third kappa shape index (κ3) is 3.75. The first kappa shape index (κ1) is 18.1. The van der Waals surface area contributed by atoms with Crippen LogP contribution >= 0.6 is 0 Å². The van der Waals surface area contributed by atoms with Crippen LogP contribution in [0.15, 0.2) is 24.3 Å².